The van der Waals surface area contributed by atoms with Gasteiger partial charge in [-0.05, 0) is 35.4 Å². The Morgan fingerprint density at radius 1 is 0.963 bits per heavy atom. The lowest BCUT2D eigenvalue weighted by Crippen LogP contribution is -2.10. The quantitative estimate of drug-likeness (QED) is 0.456. The second kappa shape index (κ2) is 7.64. The second-order valence-corrected chi connectivity index (χ2v) is 6.39. The minimum atomic E-state index is -0.487. The molecule has 0 spiro atoms. The molecule has 3 aromatic rings. The molecule has 0 aromatic heterocycles. The summed E-state index contributed by atoms with van der Waals surface area (Å²) in [6, 6.07) is 24.8. The Hall–Kier alpha value is -3.11. The summed E-state index contributed by atoms with van der Waals surface area (Å²) in [5.74, 6) is 1.26. The monoisotopic (exact) mass is 360 g/mol. The molecule has 1 heterocycles. The first-order valence-electron chi connectivity index (χ1n) is 8.85. The van der Waals surface area contributed by atoms with Gasteiger partial charge in [-0.25, -0.2) is 0 Å². The molecule has 136 valence electrons. The van der Waals surface area contributed by atoms with Crippen molar-refractivity contribution in [3.63, 3.8) is 0 Å². The highest BCUT2D eigenvalue weighted by Crippen LogP contribution is 2.42. The smallest absolute Gasteiger partial charge is 0.198 e. The summed E-state index contributed by atoms with van der Waals surface area (Å²) in [7, 11) is 1.62. The van der Waals surface area contributed by atoms with E-state index in [1.165, 1.54) is 0 Å². The van der Waals surface area contributed by atoms with Gasteiger partial charge in [-0.3, -0.25) is 4.79 Å². The maximum Gasteiger partial charge on any atom is 0.198 e. The zero-order valence-corrected chi connectivity index (χ0v) is 15.0. The van der Waals surface area contributed by atoms with Crippen LogP contribution in [0.5, 0.6) is 11.5 Å². The number of ketones is 1. The average Bonchev–Trinajstić information content (AvgIpc) is 3.54. The van der Waals surface area contributed by atoms with Gasteiger partial charge in [0.05, 0.1) is 12.7 Å². The van der Waals surface area contributed by atoms with Crippen LogP contribution in [0.2, 0.25) is 0 Å². The van der Waals surface area contributed by atoms with Crippen LogP contribution in [-0.2, 0) is 11.3 Å². The van der Waals surface area contributed by atoms with Gasteiger partial charge in [-0.1, -0.05) is 54.6 Å². The fourth-order valence-electron chi connectivity index (χ4n) is 3.07. The zero-order chi connectivity index (χ0) is 18.6. The number of carbonyl (C=O) groups excluding carboxylic acids is 1. The van der Waals surface area contributed by atoms with Gasteiger partial charge in [-0.2, -0.15) is 0 Å². The summed E-state index contributed by atoms with van der Waals surface area (Å²) in [6.07, 6.45) is -0.728. The lowest BCUT2D eigenvalue weighted by Gasteiger charge is -2.10. The number of ether oxygens (including phenoxy) is 3. The van der Waals surface area contributed by atoms with E-state index in [4.69, 9.17) is 14.2 Å². The van der Waals surface area contributed by atoms with Crippen molar-refractivity contribution < 1.29 is 19.0 Å². The van der Waals surface area contributed by atoms with Crippen LogP contribution in [0, 0.1) is 0 Å². The number of hydrogen-bond donors (Lipinski definition) is 0. The Balaban J connectivity index is 1.48. The minimum Gasteiger partial charge on any atom is -0.497 e. The fraction of sp³-hybridized carbons (Fsp3) is 0.174. The van der Waals surface area contributed by atoms with Crippen molar-refractivity contribution in [3.8, 4) is 11.5 Å². The Bertz CT molecular complexity index is 936. The normalized spacial score (nSPS) is 18.0. The van der Waals surface area contributed by atoms with E-state index in [-0.39, 0.29) is 11.9 Å². The van der Waals surface area contributed by atoms with Crippen molar-refractivity contribution >= 4 is 5.78 Å². The van der Waals surface area contributed by atoms with Gasteiger partial charge >= 0.3 is 0 Å². The molecule has 4 rings (SSSR count). The molecule has 3 aromatic carbocycles. The third-order valence-electron chi connectivity index (χ3n) is 4.56. The average molecular weight is 360 g/mol. The highest BCUT2D eigenvalue weighted by molar-refractivity contribution is 6.03. The van der Waals surface area contributed by atoms with E-state index in [1.807, 2.05) is 72.8 Å². The Kier molecular flexibility index (Phi) is 4.90. The summed E-state index contributed by atoms with van der Waals surface area (Å²) >= 11 is 0. The number of rotatable bonds is 7. The Labute approximate surface area is 158 Å². The van der Waals surface area contributed by atoms with Crippen LogP contribution in [0.25, 0.3) is 0 Å². The molecule has 0 unspecified atom stereocenters. The predicted octanol–water partition coefficient (Wildman–Crippen LogP) is 4.60. The number of hydrogen-bond acceptors (Lipinski definition) is 4. The molecule has 0 saturated carbocycles. The van der Waals surface area contributed by atoms with Crippen LogP contribution in [0.4, 0.5) is 0 Å². The van der Waals surface area contributed by atoms with Crippen molar-refractivity contribution in [2.24, 2.45) is 0 Å². The largest absolute Gasteiger partial charge is 0.497 e. The van der Waals surface area contributed by atoms with Crippen LogP contribution in [0.3, 0.4) is 0 Å². The minimum absolute atomic E-state index is 0.0634. The molecule has 0 N–H and O–H groups in total. The Morgan fingerprint density at radius 3 is 2.56 bits per heavy atom. The van der Waals surface area contributed by atoms with Crippen LogP contribution in [0.1, 0.15) is 27.6 Å². The van der Waals surface area contributed by atoms with Crippen molar-refractivity contribution in [3.05, 3.63) is 95.6 Å². The first-order chi connectivity index (χ1) is 13.3. The number of epoxide rings is 1. The molecule has 4 nitrogen and oxygen atoms in total. The molecule has 2 atom stereocenters. The third kappa shape index (κ3) is 3.86. The molecular weight excluding hydrogens is 340 g/mol. The molecule has 1 fully saturated rings. The highest BCUT2D eigenvalue weighted by atomic mass is 16.6. The maximum atomic E-state index is 12.9. The highest BCUT2D eigenvalue weighted by Gasteiger charge is 2.47. The van der Waals surface area contributed by atoms with Crippen molar-refractivity contribution in [2.75, 3.05) is 7.11 Å². The van der Waals surface area contributed by atoms with Gasteiger partial charge in [0.15, 0.2) is 11.9 Å². The van der Waals surface area contributed by atoms with Crippen molar-refractivity contribution in [1.82, 2.24) is 0 Å². The van der Waals surface area contributed by atoms with Gasteiger partial charge in [-0.15, -0.1) is 0 Å². The number of para-hydroxylation sites is 1. The summed E-state index contributed by atoms with van der Waals surface area (Å²) in [5, 5.41) is 0. The molecule has 1 aliphatic heterocycles. The molecule has 27 heavy (non-hydrogen) atoms. The van der Waals surface area contributed by atoms with E-state index in [0.717, 1.165) is 16.9 Å². The van der Waals surface area contributed by atoms with E-state index in [9.17, 15) is 4.79 Å². The lowest BCUT2D eigenvalue weighted by atomic mass is 10.0. The van der Waals surface area contributed by atoms with E-state index in [0.29, 0.717) is 17.9 Å². The van der Waals surface area contributed by atoms with E-state index in [1.54, 1.807) is 13.2 Å². The van der Waals surface area contributed by atoms with Gasteiger partial charge in [0, 0.05) is 0 Å². The molecule has 0 amide bonds. The van der Waals surface area contributed by atoms with Gasteiger partial charge in [0.2, 0.25) is 0 Å². The fourth-order valence-corrected chi connectivity index (χ4v) is 3.07. The van der Waals surface area contributed by atoms with E-state index >= 15 is 0 Å². The first-order valence-corrected chi connectivity index (χ1v) is 8.85. The number of carbonyl (C=O) groups is 1. The second-order valence-electron chi connectivity index (χ2n) is 6.39. The molecule has 0 bridgehead atoms. The number of Topliss-reactive ketones (excluding diaryl/α,β-unsaturated/α-hetero) is 1. The summed E-state index contributed by atoms with van der Waals surface area (Å²) in [5.41, 5.74) is 2.54. The maximum absolute atomic E-state index is 12.9. The molecule has 1 saturated heterocycles. The third-order valence-corrected chi connectivity index (χ3v) is 4.56. The van der Waals surface area contributed by atoms with Crippen LogP contribution >= 0.6 is 0 Å². The molecular formula is C23H20O4. The van der Waals surface area contributed by atoms with E-state index < -0.39 is 6.10 Å². The number of methoxy groups -OCH3 is 1. The van der Waals surface area contributed by atoms with Gasteiger partial charge in [0.1, 0.15) is 24.2 Å². The first kappa shape index (κ1) is 17.3. The number of benzene rings is 3. The molecule has 0 aliphatic carbocycles. The lowest BCUT2D eigenvalue weighted by molar-refractivity contribution is 0.0949. The summed E-state index contributed by atoms with van der Waals surface area (Å²) in [6.45, 7) is 0.413. The Morgan fingerprint density at radius 2 is 1.74 bits per heavy atom. The van der Waals surface area contributed by atoms with Crippen LogP contribution in [-0.4, -0.2) is 19.0 Å². The van der Waals surface area contributed by atoms with Crippen molar-refractivity contribution in [2.45, 2.75) is 18.8 Å². The summed E-state index contributed by atoms with van der Waals surface area (Å²) in [4.78, 5) is 12.9. The standard InChI is InChI=1S/C23H20O4/c1-25-18-11-7-10-17(14-18)22-23(27-22)21(24)19-12-5-6-13-20(19)26-15-16-8-3-2-4-9-16/h2-14,22-23H,15H2,1H3/t22-,23-/m0/s1. The summed E-state index contributed by atoms with van der Waals surface area (Å²) < 4.78 is 16.8. The topological polar surface area (TPSA) is 48.1 Å². The van der Waals surface area contributed by atoms with Gasteiger partial charge in [0.25, 0.3) is 0 Å². The van der Waals surface area contributed by atoms with Gasteiger partial charge < -0.3 is 14.2 Å². The van der Waals surface area contributed by atoms with E-state index in [2.05, 4.69) is 0 Å². The SMILES string of the molecule is COc1cccc([C@@H]2O[C@H]2C(=O)c2ccccc2OCc2ccccc2)c1. The molecule has 1 aliphatic rings. The van der Waals surface area contributed by atoms with Crippen LogP contribution in [0.15, 0.2) is 78.9 Å². The molecule has 0 radical (unpaired) electrons. The van der Waals surface area contributed by atoms with Crippen LogP contribution < -0.4 is 9.47 Å². The zero-order valence-electron chi connectivity index (χ0n) is 15.0. The predicted molar refractivity (Wildman–Crippen MR) is 102 cm³/mol. The molecule has 4 heteroatoms. The van der Waals surface area contributed by atoms with Crippen molar-refractivity contribution in [1.29, 1.82) is 0 Å².